The number of alkyl carbamates (subject to hydrolysis) is 1. The Morgan fingerprint density at radius 1 is 1.30 bits per heavy atom. The molecule has 1 fully saturated rings. The number of ether oxygens (including phenoxy) is 2. The van der Waals surface area contributed by atoms with Crippen LogP contribution in [0.5, 0.6) is 0 Å². The highest BCUT2D eigenvalue weighted by Gasteiger charge is 2.30. The fourth-order valence-corrected chi connectivity index (χ4v) is 1.98. The average molecular weight is 284 g/mol. The predicted octanol–water partition coefficient (Wildman–Crippen LogP) is 2.22. The first-order chi connectivity index (χ1) is 9.40. The van der Waals surface area contributed by atoms with E-state index in [2.05, 4.69) is 17.2 Å². The summed E-state index contributed by atoms with van der Waals surface area (Å²) in [5.74, 6) is 0. The van der Waals surface area contributed by atoms with Gasteiger partial charge in [-0.25, -0.2) is 4.79 Å². The fourth-order valence-electron chi connectivity index (χ4n) is 1.98. The Hall–Kier alpha value is -1.07. The molecule has 0 saturated heterocycles. The first-order valence-electron chi connectivity index (χ1n) is 7.32. The highest BCUT2D eigenvalue weighted by Crippen LogP contribution is 2.20. The van der Waals surface area contributed by atoms with Crippen LogP contribution in [0.3, 0.4) is 0 Å². The van der Waals surface area contributed by atoms with Gasteiger partial charge in [-0.05, 0) is 40.0 Å². The van der Waals surface area contributed by atoms with Crippen LogP contribution in [0, 0.1) is 0 Å². The molecule has 0 aliphatic heterocycles. The van der Waals surface area contributed by atoms with E-state index in [-0.39, 0.29) is 12.1 Å². The van der Waals surface area contributed by atoms with E-state index in [1.54, 1.807) is 0 Å². The Morgan fingerprint density at radius 3 is 2.60 bits per heavy atom. The summed E-state index contributed by atoms with van der Waals surface area (Å²) in [6.07, 6.45) is 4.32. The van der Waals surface area contributed by atoms with Crippen LogP contribution in [0.25, 0.3) is 0 Å². The highest BCUT2D eigenvalue weighted by atomic mass is 16.6. The number of carbonyl (C=O) groups excluding carboxylic acids is 1. The van der Waals surface area contributed by atoms with Gasteiger partial charge in [-0.1, -0.05) is 6.08 Å². The van der Waals surface area contributed by atoms with Crippen molar-refractivity contribution in [3.63, 3.8) is 0 Å². The standard InChI is InChI=1S/C15H28N2O3/c1-5-6-8-19-9-7-16-12-10-13(11-12)17-14(18)20-15(2,3)4/h5,12-13,16H,1,6-11H2,2-4H3,(H,17,18). The quantitative estimate of drug-likeness (QED) is 0.530. The molecule has 0 radical (unpaired) electrons. The summed E-state index contributed by atoms with van der Waals surface area (Å²) < 4.78 is 10.6. The predicted molar refractivity (Wildman–Crippen MR) is 79.8 cm³/mol. The van der Waals surface area contributed by atoms with Crippen LogP contribution in [0.2, 0.25) is 0 Å². The van der Waals surface area contributed by atoms with Crippen LogP contribution in [0.4, 0.5) is 4.79 Å². The van der Waals surface area contributed by atoms with Crippen LogP contribution >= 0.6 is 0 Å². The topological polar surface area (TPSA) is 59.6 Å². The molecular formula is C15H28N2O3. The van der Waals surface area contributed by atoms with Gasteiger partial charge in [0.1, 0.15) is 5.60 Å². The van der Waals surface area contributed by atoms with Crippen LogP contribution < -0.4 is 10.6 Å². The normalized spacial score (nSPS) is 21.9. The van der Waals surface area contributed by atoms with Crippen molar-refractivity contribution >= 4 is 6.09 Å². The summed E-state index contributed by atoms with van der Waals surface area (Å²) >= 11 is 0. The Kier molecular flexibility index (Phi) is 7.02. The molecule has 20 heavy (non-hydrogen) atoms. The number of carbonyl (C=O) groups is 1. The van der Waals surface area contributed by atoms with Gasteiger partial charge in [0.15, 0.2) is 0 Å². The van der Waals surface area contributed by atoms with Crippen LogP contribution in [0.1, 0.15) is 40.0 Å². The van der Waals surface area contributed by atoms with Gasteiger partial charge in [0.25, 0.3) is 0 Å². The molecule has 5 heteroatoms. The van der Waals surface area contributed by atoms with E-state index in [1.165, 1.54) is 0 Å². The minimum absolute atomic E-state index is 0.226. The van der Waals surface area contributed by atoms with E-state index >= 15 is 0 Å². The summed E-state index contributed by atoms with van der Waals surface area (Å²) in [5, 5.41) is 6.28. The molecule has 0 aromatic heterocycles. The number of amides is 1. The van der Waals surface area contributed by atoms with Crippen molar-refractivity contribution < 1.29 is 14.3 Å². The Labute approximate surface area is 122 Å². The summed E-state index contributed by atoms with van der Waals surface area (Å²) in [7, 11) is 0. The van der Waals surface area contributed by atoms with Gasteiger partial charge < -0.3 is 20.1 Å². The lowest BCUT2D eigenvalue weighted by atomic mass is 9.87. The van der Waals surface area contributed by atoms with E-state index in [4.69, 9.17) is 9.47 Å². The Bertz CT molecular complexity index is 307. The van der Waals surface area contributed by atoms with E-state index in [0.29, 0.717) is 12.6 Å². The zero-order valence-electron chi connectivity index (χ0n) is 12.9. The third kappa shape index (κ3) is 7.50. The zero-order valence-corrected chi connectivity index (χ0v) is 12.9. The molecule has 1 amide bonds. The second-order valence-electron chi connectivity index (χ2n) is 6.16. The van der Waals surface area contributed by atoms with Crippen molar-refractivity contribution in [3.05, 3.63) is 12.7 Å². The van der Waals surface area contributed by atoms with Crippen molar-refractivity contribution in [2.24, 2.45) is 0 Å². The lowest BCUT2D eigenvalue weighted by molar-refractivity contribution is 0.0462. The van der Waals surface area contributed by atoms with E-state index in [0.717, 1.165) is 32.4 Å². The van der Waals surface area contributed by atoms with Crippen molar-refractivity contribution in [3.8, 4) is 0 Å². The second-order valence-corrected chi connectivity index (χ2v) is 6.16. The van der Waals surface area contributed by atoms with E-state index in [1.807, 2.05) is 26.8 Å². The number of nitrogens with one attached hydrogen (secondary N) is 2. The first-order valence-corrected chi connectivity index (χ1v) is 7.32. The maximum Gasteiger partial charge on any atom is 0.407 e. The van der Waals surface area contributed by atoms with Crippen LogP contribution in [-0.2, 0) is 9.47 Å². The summed E-state index contributed by atoms with van der Waals surface area (Å²) in [5.41, 5.74) is -0.436. The van der Waals surface area contributed by atoms with Crippen molar-refractivity contribution in [2.45, 2.75) is 57.7 Å². The van der Waals surface area contributed by atoms with Crippen molar-refractivity contribution in [2.75, 3.05) is 19.8 Å². The smallest absolute Gasteiger partial charge is 0.407 e. The third-order valence-corrected chi connectivity index (χ3v) is 3.00. The number of rotatable bonds is 8. The molecule has 1 aliphatic carbocycles. The lowest BCUT2D eigenvalue weighted by Gasteiger charge is -2.36. The van der Waals surface area contributed by atoms with Gasteiger partial charge in [-0.2, -0.15) is 0 Å². The molecule has 0 bridgehead atoms. The van der Waals surface area contributed by atoms with Gasteiger partial charge in [0, 0.05) is 18.6 Å². The monoisotopic (exact) mass is 284 g/mol. The largest absolute Gasteiger partial charge is 0.444 e. The molecule has 0 spiro atoms. The van der Waals surface area contributed by atoms with Gasteiger partial charge in [-0.3, -0.25) is 0 Å². The molecule has 1 rings (SSSR count). The number of hydrogen-bond acceptors (Lipinski definition) is 4. The van der Waals surface area contributed by atoms with E-state index in [9.17, 15) is 4.79 Å². The number of hydrogen-bond donors (Lipinski definition) is 2. The third-order valence-electron chi connectivity index (χ3n) is 3.00. The molecule has 2 N–H and O–H groups in total. The second kappa shape index (κ2) is 8.27. The molecule has 0 aromatic rings. The minimum Gasteiger partial charge on any atom is -0.444 e. The van der Waals surface area contributed by atoms with Gasteiger partial charge in [0.05, 0.1) is 13.2 Å². The first kappa shape index (κ1) is 17.0. The summed E-state index contributed by atoms with van der Waals surface area (Å²) in [6.45, 7) is 11.5. The minimum atomic E-state index is -0.436. The molecule has 0 unspecified atom stereocenters. The molecule has 0 heterocycles. The van der Waals surface area contributed by atoms with Crippen molar-refractivity contribution in [1.82, 2.24) is 10.6 Å². The summed E-state index contributed by atoms with van der Waals surface area (Å²) in [4.78, 5) is 11.5. The maximum absolute atomic E-state index is 11.5. The van der Waals surface area contributed by atoms with Crippen LogP contribution in [-0.4, -0.2) is 43.5 Å². The average Bonchev–Trinajstić information content (AvgIpc) is 2.27. The Balaban J connectivity index is 1.97. The zero-order chi connectivity index (χ0) is 15.0. The van der Waals surface area contributed by atoms with Crippen molar-refractivity contribution in [1.29, 1.82) is 0 Å². The molecule has 0 atom stereocenters. The molecule has 0 aromatic carbocycles. The molecule has 1 saturated carbocycles. The highest BCUT2D eigenvalue weighted by molar-refractivity contribution is 5.68. The molecule has 1 aliphatic rings. The van der Waals surface area contributed by atoms with Gasteiger partial charge in [-0.15, -0.1) is 6.58 Å². The fraction of sp³-hybridized carbons (Fsp3) is 0.800. The SMILES string of the molecule is C=CCCOCCNC1CC(NC(=O)OC(C)(C)C)C1. The summed E-state index contributed by atoms with van der Waals surface area (Å²) in [6, 6.07) is 0.696. The van der Waals surface area contributed by atoms with Gasteiger partial charge >= 0.3 is 6.09 Å². The van der Waals surface area contributed by atoms with Crippen LogP contribution in [0.15, 0.2) is 12.7 Å². The van der Waals surface area contributed by atoms with E-state index < -0.39 is 5.60 Å². The van der Waals surface area contributed by atoms with Gasteiger partial charge in [0.2, 0.25) is 0 Å². The molecular weight excluding hydrogens is 256 g/mol. The molecule has 5 nitrogen and oxygen atoms in total. The Morgan fingerprint density at radius 2 is 2.00 bits per heavy atom. The maximum atomic E-state index is 11.5. The molecule has 116 valence electrons. The lowest BCUT2D eigenvalue weighted by Crippen LogP contribution is -2.53.